The summed E-state index contributed by atoms with van der Waals surface area (Å²) in [5.74, 6) is -7.27. The fraction of sp³-hybridized carbons (Fsp3) is 0.209. The number of benzene rings is 2. The normalized spacial score (nSPS) is 9.49. The van der Waals surface area contributed by atoms with Crippen LogP contribution in [0.25, 0.3) is 0 Å². The van der Waals surface area contributed by atoms with Gasteiger partial charge in [0.1, 0.15) is 28.6 Å². The first-order valence-electron chi connectivity index (χ1n) is 29.4. The molecule has 8 aromatic rings. The van der Waals surface area contributed by atoms with Gasteiger partial charge in [0.15, 0.2) is 0 Å². The van der Waals surface area contributed by atoms with Gasteiger partial charge < -0.3 is 95.6 Å². The number of alkyl halides is 1. The molecule has 0 saturated carbocycles. The maximum absolute atomic E-state index is 12.2. The molecule has 12 N–H and O–H groups in total. The minimum absolute atomic E-state index is 0. The average molecular weight is 1730 g/mol. The zero-order valence-corrected chi connectivity index (χ0v) is 66.9. The van der Waals surface area contributed by atoms with E-state index < -0.39 is 83.9 Å². The predicted molar refractivity (Wildman–Crippen MR) is 384 cm³/mol. The number of carboxylic acid groups (broad SMARTS) is 5. The maximum Gasteiger partial charge on any atom is 1.00 e. The van der Waals surface area contributed by atoms with E-state index in [1.54, 1.807) is 40.7 Å². The fourth-order valence-electron chi connectivity index (χ4n) is 7.95. The number of nitrogens with zero attached hydrogens (tertiary/aromatic N) is 6. The zero-order chi connectivity index (χ0) is 81.2. The van der Waals surface area contributed by atoms with Gasteiger partial charge in [-0.25, -0.2) is 52.7 Å². The molecule has 2 aromatic carbocycles. The second kappa shape index (κ2) is 52.3. The molecule has 8 rings (SSSR count). The number of methoxy groups -OCH3 is 10. The third-order valence-corrected chi connectivity index (χ3v) is 14.5. The predicted octanol–water partition coefficient (Wildman–Crippen LogP) is 5.53. The van der Waals surface area contributed by atoms with E-state index in [4.69, 9.17) is 72.5 Å². The van der Waals surface area contributed by atoms with Crippen molar-refractivity contribution >= 4 is 125 Å². The average Bonchev–Trinajstić information content (AvgIpc) is 0.844. The van der Waals surface area contributed by atoms with Crippen LogP contribution in [0.2, 0.25) is 0 Å². The molecule has 0 amide bonds. The molecule has 108 heavy (non-hydrogen) atoms. The molecule has 0 radical (unpaired) electrons. The molecule has 0 aliphatic carbocycles. The summed E-state index contributed by atoms with van der Waals surface area (Å²) in [7, 11) is 12.8. The van der Waals surface area contributed by atoms with Crippen molar-refractivity contribution in [2.75, 3.05) is 89.7 Å². The number of hydrogen-bond donors (Lipinski definition) is 8. The van der Waals surface area contributed by atoms with Crippen molar-refractivity contribution in [2.24, 2.45) is 5.73 Å². The number of carbonyl (C=O) groups is 11. The monoisotopic (exact) mass is 1730 g/mol. The van der Waals surface area contributed by atoms with Gasteiger partial charge in [0.05, 0.1) is 168 Å². The first-order valence-corrected chi connectivity index (χ1v) is 31.1. The van der Waals surface area contributed by atoms with Crippen LogP contribution in [0, 0.1) is 0 Å². The third-order valence-electron chi connectivity index (χ3n) is 12.9. The second-order valence-corrected chi connectivity index (χ2v) is 21.7. The molecule has 0 unspecified atom stereocenters. The van der Waals surface area contributed by atoms with Crippen molar-refractivity contribution in [3.8, 4) is 23.0 Å². The molecule has 6 aromatic heterocycles. The van der Waals surface area contributed by atoms with Crippen molar-refractivity contribution in [1.29, 1.82) is 0 Å². The van der Waals surface area contributed by atoms with E-state index in [-0.39, 0.29) is 123 Å². The number of esters is 6. The molecule has 0 saturated heterocycles. The summed E-state index contributed by atoms with van der Waals surface area (Å²) >= 11 is 9.13. The molecule has 0 aliphatic rings. The number of ether oxygens (including phenoxy) is 10. The quantitative estimate of drug-likeness (QED) is 0.0280. The summed E-state index contributed by atoms with van der Waals surface area (Å²) in [6.45, 7) is 0.479. The van der Waals surface area contributed by atoms with E-state index in [9.17, 15) is 57.1 Å². The topological polar surface area (TPSA) is 567 Å². The van der Waals surface area contributed by atoms with Crippen molar-refractivity contribution in [3.05, 3.63) is 208 Å². The minimum atomic E-state index is -1.38. The molecule has 6 heterocycles. The number of rotatable bonds is 19. The van der Waals surface area contributed by atoms with Gasteiger partial charge in [-0.05, 0) is 90.0 Å². The van der Waals surface area contributed by atoms with Crippen LogP contribution in [0.5, 0.6) is 23.0 Å². The van der Waals surface area contributed by atoms with E-state index in [0.29, 0.717) is 45.4 Å². The van der Waals surface area contributed by atoms with Crippen molar-refractivity contribution in [3.63, 3.8) is 0 Å². The van der Waals surface area contributed by atoms with Gasteiger partial charge in [-0.3, -0.25) is 34.3 Å². The molecule has 0 aliphatic heterocycles. The number of carboxylic acids is 5. The van der Waals surface area contributed by atoms with E-state index >= 15 is 0 Å². The van der Waals surface area contributed by atoms with Gasteiger partial charge in [-0.2, -0.15) is 0 Å². The summed E-state index contributed by atoms with van der Waals surface area (Å²) in [4.78, 5) is 144. The Labute approximate surface area is 683 Å². The number of nitrogens with two attached hydrogens (primary N) is 3. The Hall–Kier alpha value is -10.8. The molecular formula is C67H70Br3FKN9O27. The van der Waals surface area contributed by atoms with Crippen LogP contribution in [0.1, 0.15) is 132 Å². The number of halogens is 4. The molecule has 36 nitrogen and oxygen atoms in total. The largest absolute Gasteiger partial charge is 1.00 e. The van der Waals surface area contributed by atoms with Crippen molar-refractivity contribution in [1.82, 2.24) is 29.9 Å². The Morgan fingerprint density at radius 2 is 0.741 bits per heavy atom. The molecular weight excluding hydrogens is 1660 g/mol. The van der Waals surface area contributed by atoms with Crippen LogP contribution < -0.4 is 87.5 Å². The van der Waals surface area contributed by atoms with Crippen LogP contribution >= 0.6 is 47.8 Å². The molecule has 0 atom stereocenters. The summed E-state index contributed by atoms with van der Waals surface area (Å²) in [5, 5.41) is 42.9. The standard InChI is InChI=1S/C19H21NO6.C9H8BrNO4.C9H10N2O4.C9H13NO2.C7H4BrNO4.C7H6N2O4.C6H4BrNO2.CH3F.K.H2O/c1-23-14-8-7-12(16(9-14)24-2)5-6-13-10-20-11-15(18(21)25-3)17(13)19(22)26-4;2*1-14-8(12)5-3-11-4-6(10)7(5)9(13)15-2;1-11-8-4-3-7(6-10)9(5-8)12-2;2*8-4-2-9-1-3(6(10)11)5(4)7(12)13;7-5-1-4(6(9)10)2-8-3-5;1-2;;/h7-11H,5-6H2,1-4H3;3-4H,1-2H3;3-4H,10H2,1-2H3;3-5H,6,10H2,1-2H3;1-2H,(H,10,11)(H,12,13);1-2H,8H2,(H,10,11)(H,12,13);1-3H,(H,9,10);1H3;;1H2/q;;;;;;;;+1;/p-1/i;;;;;;;1D;;. The number of anilines is 2. The Morgan fingerprint density at radius 3 is 1.11 bits per heavy atom. The molecule has 0 spiro atoms. The zero-order valence-electron chi connectivity index (χ0n) is 60.0. The van der Waals surface area contributed by atoms with Crippen molar-refractivity contribution < 1.29 is 188 Å². The number of aryl methyl sites for hydroxylation is 2. The summed E-state index contributed by atoms with van der Waals surface area (Å²) in [6.07, 6.45) is 16.1. The number of hydrogen-bond acceptors (Lipinski definition) is 31. The molecule has 0 fully saturated rings. The fourth-order valence-corrected chi connectivity index (χ4v) is 9.31. The van der Waals surface area contributed by atoms with Crippen LogP contribution in [0.3, 0.4) is 0 Å². The second-order valence-electron chi connectivity index (χ2n) is 19.0. The number of pyridine rings is 6. The Kier molecular flexibility index (Phi) is 47.1. The summed E-state index contributed by atoms with van der Waals surface area (Å²) < 4.78 is 65.1. The van der Waals surface area contributed by atoms with Crippen LogP contribution in [-0.4, -0.2) is 205 Å². The molecule has 0 bridgehead atoms. The first kappa shape index (κ1) is 97.2. The van der Waals surface area contributed by atoms with Crippen LogP contribution in [0.4, 0.5) is 15.8 Å². The molecule has 41 heteroatoms. The third kappa shape index (κ3) is 30.6. The van der Waals surface area contributed by atoms with Gasteiger partial charge in [-0.1, -0.05) is 12.1 Å². The van der Waals surface area contributed by atoms with Gasteiger partial charge in [0.2, 0.25) is 0 Å². The van der Waals surface area contributed by atoms with E-state index in [1.807, 2.05) is 30.3 Å². The molecule has 574 valence electrons. The SMILES string of the molecule is COC(=O)c1cncc(Br)c1C(=O)OC.COC(=O)c1cncc(CCc2ccc(OC)cc2OC)c1C(=O)OC.COC(=O)c1cncc(N)c1C(=O)OC.COc1ccc(CN)c(OC)c1.Nc1cncc(C(=O)O)c1C(=O)O.O=C(O)c1cncc(Br)c1.O=C(O)c1cncc(Br)c1C(=O)O.[2H]CF.[K+].[OH-]. The van der Waals surface area contributed by atoms with Gasteiger partial charge >= 0.3 is 117 Å². The smallest absolute Gasteiger partial charge is 0.870 e. The number of aromatic carboxylic acids is 5. The number of nitrogen functional groups attached to an aromatic ring is 2. The van der Waals surface area contributed by atoms with E-state index in [1.165, 1.54) is 98.3 Å². The maximum atomic E-state index is 12.2. The van der Waals surface area contributed by atoms with Crippen molar-refractivity contribution in [2.45, 2.75) is 19.4 Å². The minimum Gasteiger partial charge on any atom is -0.870 e. The van der Waals surface area contributed by atoms with Gasteiger partial charge in [0.25, 0.3) is 0 Å². The summed E-state index contributed by atoms with van der Waals surface area (Å²) in [5.41, 5.74) is 17.8. The Bertz CT molecular complexity index is 4290. The summed E-state index contributed by atoms with van der Waals surface area (Å²) in [6, 6.07) is 12.6. The van der Waals surface area contributed by atoms with E-state index in [2.05, 4.69) is 96.6 Å². The first-order chi connectivity index (χ1) is 50.8. The van der Waals surface area contributed by atoms with Crippen LogP contribution in [-0.2, 0) is 47.8 Å². The number of aromatic nitrogens is 6. The Morgan fingerprint density at radius 1 is 0.398 bits per heavy atom. The van der Waals surface area contributed by atoms with Crippen LogP contribution in [0.15, 0.2) is 130 Å². The van der Waals surface area contributed by atoms with E-state index in [0.717, 1.165) is 41.2 Å². The Balaban J connectivity index is 0. The number of carbonyl (C=O) groups excluding carboxylic acids is 6. The van der Waals surface area contributed by atoms with Gasteiger partial charge in [-0.15, -0.1) is 0 Å². The van der Waals surface area contributed by atoms with Gasteiger partial charge in [0, 0.05) is 90.7 Å².